The summed E-state index contributed by atoms with van der Waals surface area (Å²) in [4.78, 5) is 0. The second kappa shape index (κ2) is 13.1. The number of phenolic OH excluding ortho intramolecular Hbond substituents is 2. The van der Waals surface area contributed by atoms with Gasteiger partial charge in [-0.3, -0.25) is 0 Å². The first-order valence-corrected chi connectivity index (χ1v) is 10.0. The van der Waals surface area contributed by atoms with Crippen molar-refractivity contribution in [2.24, 2.45) is 11.8 Å². The summed E-state index contributed by atoms with van der Waals surface area (Å²) >= 11 is 0. The number of aromatic hydroxyl groups is 2. The van der Waals surface area contributed by atoms with E-state index in [-0.39, 0.29) is 27.0 Å². The van der Waals surface area contributed by atoms with Crippen molar-refractivity contribution in [3.05, 3.63) is 58.7 Å². The minimum Gasteiger partial charge on any atom is -0.508 e. The first-order chi connectivity index (χ1) is 12.4. The summed E-state index contributed by atoms with van der Waals surface area (Å²) in [6, 6.07) is 12.0. The van der Waals surface area contributed by atoms with E-state index in [2.05, 4.69) is 38.1 Å². The van der Waals surface area contributed by atoms with Crippen molar-refractivity contribution in [2.45, 2.75) is 66.2 Å². The van der Waals surface area contributed by atoms with Crippen LogP contribution in [0.5, 0.6) is 11.5 Å². The molecule has 0 saturated carbocycles. The van der Waals surface area contributed by atoms with Gasteiger partial charge >= 0.3 is 0 Å². The van der Waals surface area contributed by atoms with Crippen LogP contribution in [0.3, 0.4) is 0 Å². The normalized spacial score (nSPS) is 12.6. The van der Waals surface area contributed by atoms with Gasteiger partial charge in [-0.05, 0) is 72.9 Å². The van der Waals surface area contributed by atoms with E-state index < -0.39 is 0 Å². The SMILES string of the molecule is CCC[C@@H](Cc1ccc(O)c(C)c1)[C@@H](CCC)Cc1ccc(O)c(C)c1.S.S. The molecule has 2 atom stereocenters. The molecule has 4 heteroatoms. The van der Waals surface area contributed by atoms with Crippen LogP contribution in [-0.2, 0) is 12.8 Å². The second-order valence-corrected chi connectivity index (χ2v) is 7.75. The number of hydrogen-bond acceptors (Lipinski definition) is 2. The van der Waals surface area contributed by atoms with Crippen LogP contribution in [0.1, 0.15) is 61.8 Å². The molecule has 2 nitrogen and oxygen atoms in total. The first kappa shape index (κ1) is 26.7. The highest BCUT2D eigenvalue weighted by Crippen LogP contribution is 2.31. The summed E-state index contributed by atoms with van der Waals surface area (Å²) in [7, 11) is 0. The molecule has 158 valence electrons. The minimum atomic E-state index is 0. The van der Waals surface area contributed by atoms with E-state index in [9.17, 15) is 10.2 Å². The Hall–Kier alpha value is -1.26. The van der Waals surface area contributed by atoms with Crippen molar-refractivity contribution < 1.29 is 10.2 Å². The Morgan fingerprint density at radius 1 is 0.679 bits per heavy atom. The molecule has 0 aromatic heterocycles. The molecular weight excluding hydrogens is 384 g/mol. The molecular formula is C24H38O2S2. The van der Waals surface area contributed by atoms with Crippen LogP contribution in [0.4, 0.5) is 0 Å². The zero-order chi connectivity index (χ0) is 19.1. The predicted molar refractivity (Wildman–Crippen MR) is 131 cm³/mol. The fraction of sp³-hybridized carbons (Fsp3) is 0.500. The Morgan fingerprint density at radius 2 is 1.04 bits per heavy atom. The quantitative estimate of drug-likeness (QED) is 0.480. The maximum absolute atomic E-state index is 9.80. The molecule has 2 aromatic carbocycles. The molecule has 0 heterocycles. The molecule has 0 fully saturated rings. The van der Waals surface area contributed by atoms with Gasteiger partial charge in [0.15, 0.2) is 0 Å². The lowest BCUT2D eigenvalue weighted by molar-refractivity contribution is 0.285. The van der Waals surface area contributed by atoms with Crippen molar-refractivity contribution in [2.75, 3.05) is 0 Å². The third-order valence-electron chi connectivity index (χ3n) is 5.50. The molecule has 0 aliphatic rings. The smallest absolute Gasteiger partial charge is 0.118 e. The zero-order valence-electron chi connectivity index (χ0n) is 17.8. The van der Waals surface area contributed by atoms with Gasteiger partial charge in [0.1, 0.15) is 11.5 Å². The Bertz CT molecular complexity index is 654. The van der Waals surface area contributed by atoms with Gasteiger partial charge < -0.3 is 10.2 Å². The lowest BCUT2D eigenvalue weighted by atomic mass is 9.77. The molecule has 0 aliphatic heterocycles. The van der Waals surface area contributed by atoms with E-state index >= 15 is 0 Å². The predicted octanol–water partition coefficient (Wildman–Crippen LogP) is 6.56. The fourth-order valence-corrected chi connectivity index (χ4v) is 4.05. The largest absolute Gasteiger partial charge is 0.508 e. The molecule has 28 heavy (non-hydrogen) atoms. The van der Waals surface area contributed by atoms with Crippen LogP contribution in [0.25, 0.3) is 0 Å². The zero-order valence-corrected chi connectivity index (χ0v) is 19.8. The average Bonchev–Trinajstić information content (AvgIpc) is 2.60. The van der Waals surface area contributed by atoms with Crippen LogP contribution in [0.15, 0.2) is 36.4 Å². The molecule has 0 radical (unpaired) electrons. The molecule has 0 saturated heterocycles. The summed E-state index contributed by atoms with van der Waals surface area (Å²) in [5, 5.41) is 19.6. The average molecular weight is 423 g/mol. The highest BCUT2D eigenvalue weighted by atomic mass is 32.1. The number of phenols is 2. The van der Waals surface area contributed by atoms with Crippen LogP contribution in [0, 0.1) is 25.7 Å². The number of aryl methyl sites for hydroxylation is 2. The fourth-order valence-electron chi connectivity index (χ4n) is 4.05. The van der Waals surface area contributed by atoms with Crippen LogP contribution >= 0.6 is 27.0 Å². The lowest BCUT2D eigenvalue weighted by Gasteiger charge is -2.28. The van der Waals surface area contributed by atoms with Crippen LogP contribution in [-0.4, -0.2) is 10.2 Å². The summed E-state index contributed by atoms with van der Waals surface area (Å²) in [6.45, 7) is 8.47. The van der Waals surface area contributed by atoms with Gasteiger partial charge in [0.05, 0.1) is 0 Å². The maximum atomic E-state index is 9.80. The maximum Gasteiger partial charge on any atom is 0.118 e. The molecule has 2 N–H and O–H groups in total. The van der Waals surface area contributed by atoms with Crippen molar-refractivity contribution in [1.29, 1.82) is 0 Å². The highest BCUT2D eigenvalue weighted by Gasteiger charge is 2.21. The van der Waals surface area contributed by atoms with E-state index in [1.54, 1.807) is 0 Å². The van der Waals surface area contributed by atoms with E-state index in [0.717, 1.165) is 24.0 Å². The van der Waals surface area contributed by atoms with Gasteiger partial charge in [-0.25, -0.2) is 0 Å². The minimum absolute atomic E-state index is 0. The van der Waals surface area contributed by atoms with Gasteiger partial charge in [-0.15, -0.1) is 0 Å². The van der Waals surface area contributed by atoms with Crippen LogP contribution < -0.4 is 0 Å². The van der Waals surface area contributed by atoms with Crippen LogP contribution in [0.2, 0.25) is 0 Å². The van der Waals surface area contributed by atoms with Gasteiger partial charge in [0.2, 0.25) is 0 Å². The molecule has 0 amide bonds. The van der Waals surface area contributed by atoms with Gasteiger partial charge in [0.25, 0.3) is 0 Å². The van der Waals surface area contributed by atoms with E-state index in [0.29, 0.717) is 23.3 Å². The van der Waals surface area contributed by atoms with Gasteiger partial charge in [-0.2, -0.15) is 27.0 Å². The molecule has 0 aliphatic carbocycles. The van der Waals surface area contributed by atoms with Crippen molar-refractivity contribution >= 4 is 27.0 Å². The number of hydrogen-bond donors (Lipinski definition) is 2. The molecule has 0 bridgehead atoms. The third-order valence-corrected chi connectivity index (χ3v) is 5.50. The summed E-state index contributed by atoms with van der Waals surface area (Å²) in [6.07, 6.45) is 6.96. The van der Waals surface area contributed by atoms with Gasteiger partial charge in [0, 0.05) is 0 Å². The van der Waals surface area contributed by atoms with Gasteiger partial charge in [-0.1, -0.05) is 63.8 Å². The Balaban J connectivity index is 0.00000364. The number of benzene rings is 2. The van der Waals surface area contributed by atoms with Crippen molar-refractivity contribution in [3.63, 3.8) is 0 Å². The molecule has 2 rings (SSSR count). The summed E-state index contributed by atoms with van der Waals surface area (Å²) < 4.78 is 0. The second-order valence-electron chi connectivity index (χ2n) is 7.75. The molecule has 0 spiro atoms. The molecule has 2 aromatic rings. The molecule has 0 unspecified atom stereocenters. The van der Waals surface area contributed by atoms with E-state index in [4.69, 9.17) is 0 Å². The van der Waals surface area contributed by atoms with E-state index in [1.165, 1.54) is 36.8 Å². The lowest BCUT2D eigenvalue weighted by Crippen LogP contribution is -2.20. The first-order valence-electron chi connectivity index (χ1n) is 10.0. The van der Waals surface area contributed by atoms with Crippen molar-refractivity contribution in [1.82, 2.24) is 0 Å². The Kier molecular flexibility index (Phi) is 12.5. The van der Waals surface area contributed by atoms with E-state index in [1.807, 2.05) is 26.0 Å². The number of rotatable bonds is 9. The van der Waals surface area contributed by atoms with Crippen molar-refractivity contribution in [3.8, 4) is 11.5 Å². The third kappa shape index (κ3) is 7.63. The Morgan fingerprint density at radius 3 is 1.32 bits per heavy atom. The Labute approximate surface area is 185 Å². The summed E-state index contributed by atoms with van der Waals surface area (Å²) in [5.74, 6) is 2.03. The topological polar surface area (TPSA) is 40.5 Å². The summed E-state index contributed by atoms with van der Waals surface area (Å²) in [5.41, 5.74) is 4.56. The standard InChI is InChI=1S/C24H34O2.2H2S/c1-5-7-21(15-19-9-11-23(25)17(3)13-19)22(8-6-2)16-20-10-12-24(26)18(4)14-20;;/h9-14,21-22,25-26H,5-8,15-16H2,1-4H3;2*1H2/t21-,22-;;/m0../s1. The monoisotopic (exact) mass is 422 g/mol. The highest BCUT2D eigenvalue weighted by molar-refractivity contribution is 7.59.